The number of non-ortho nitro benzene ring substituents is 1. The summed E-state index contributed by atoms with van der Waals surface area (Å²) in [7, 11) is 0. The Kier molecular flexibility index (Phi) is 5.63. The fraction of sp³-hybridized carbons (Fsp3) is 0.118. The molecule has 0 aliphatic carbocycles. The molecule has 2 aromatic rings. The highest BCUT2D eigenvalue weighted by molar-refractivity contribution is 6.05. The van der Waals surface area contributed by atoms with Crippen molar-refractivity contribution in [2.24, 2.45) is 0 Å². The van der Waals surface area contributed by atoms with Gasteiger partial charge in [0.25, 0.3) is 11.6 Å². The number of carbonyl (C=O) groups is 3. The lowest BCUT2D eigenvalue weighted by molar-refractivity contribution is -0.384. The first-order valence-electron chi connectivity index (χ1n) is 7.39. The molecule has 2 rings (SSSR count). The standard InChI is InChI=1S/C17H14N2O7/c20-15(12-3-1-2-4-13(12)16(21)22)18-14(17(23)24)9-10-5-7-11(8-6-10)19(25)26/h1-8,14H,9H2,(H,18,20)(H,21,22)(H,23,24)/t14-/m1/s1. The molecule has 134 valence electrons. The molecule has 0 bridgehead atoms. The second kappa shape index (κ2) is 7.88. The molecular weight excluding hydrogens is 344 g/mol. The Morgan fingerprint density at radius 3 is 2.08 bits per heavy atom. The smallest absolute Gasteiger partial charge is 0.336 e. The molecule has 0 saturated heterocycles. The molecule has 1 atom stereocenters. The van der Waals surface area contributed by atoms with Gasteiger partial charge in [-0.1, -0.05) is 24.3 Å². The van der Waals surface area contributed by atoms with Crippen molar-refractivity contribution < 1.29 is 29.5 Å². The molecule has 0 aliphatic rings. The number of carboxylic acid groups (broad SMARTS) is 2. The normalized spacial score (nSPS) is 11.4. The molecule has 0 unspecified atom stereocenters. The number of nitrogens with one attached hydrogen (secondary N) is 1. The van der Waals surface area contributed by atoms with E-state index < -0.39 is 28.8 Å². The van der Waals surface area contributed by atoms with Gasteiger partial charge in [-0.2, -0.15) is 0 Å². The number of aromatic carboxylic acids is 1. The Morgan fingerprint density at radius 2 is 1.58 bits per heavy atom. The Labute approximate surface area is 147 Å². The van der Waals surface area contributed by atoms with E-state index in [2.05, 4.69) is 5.32 Å². The number of rotatable bonds is 7. The molecule has 0 aromatic heterocycles. The van der Waals surface area contributed by atoms with Gasteiger partial charge in [0.1, 0.15) is 6.04 Å². The summed E-state index contributed by atoms with van der Waals surface area (Å²) in [6, 6.07) is 9.36. The summed E-state index contributed by atoms with van der Waals surface area (Å²) in [5.41, 5.74) is -0.0747. The average Bonchev–Trinajstić information content (AvgIpc) is 2.61. The summed E-state index contributed by atoms with van der Waals surface area (Å²) in [6.45, 7) is 0. The van der Waals surface area contributed by atoms with Crippen LogP contribution in [0.1, 0.15) is 26.3 Å². The van der Waals surface area contributed by atoms with E-state index in [1.165, 1.54) is 48.5 Å². The highest BCUT2D eigenvalue weighted by Crippen LogP contribution is 2.14. The molecule has 0 spiro atoms. The molecule has 0 radical (unpaired) electrons. The van der Waals surface area contributed by atoms with E-state index in [-0.39, 0.29) is 23.2 Å². The second-order valence-electron chi connectivity index (χ2n) is 5.34. The third kappa shape index (κ3) is 4.41. The molecule has 2 aromatic carbocycles. The Balaban J connectivity index is 2.18. The summed E-state index contributed by atoms with van der Waals surface area (Å²) < 4.78 is 0. The van der Waals surface area contributed by atoms with Crippen molar-refractivity contribution in [3.05, 3.63) is 75.3 Å². The quantitative estimate of drug-likeness (QED) is 0.504. The fourth-order valence-electron chi connectivity index (χ4n) is 2.29. The monoisotopic (exact) mass is 358 g/mol. The van der Waals surface area contributed by atoms with Crippen LogP contribution in [0.25, 0.3) is 0 Å². The van der Waals surface area contributed by atoms with Crippen molar-refractivity contribution in [1.82, 2.24) is 5.32 Å². The predicted molar refractivity (Wildman–Crippen MR) is 89.1 cm³/mol. The number of carbonyl (C=O) groups excluding carboxylic acids is 1. The minimum atomic E-state index is -1.33. The van der Waals surface area contributed by atoms with Crippen LogP contribution >= 0.6 is 0 Å². The van der Waals surface area contributed by atoms with Crippen LogP contribution < -0.4 is 5.32 Å². The largest absolute Gasteiger partial charge is 0.480 e. The Morgan fingerprint density at radius 1 is 1.00 bits per heavy atom. The fourth-order valence-corrected chi connectivity index (χ4v) is 2.29. The van der Waals surface area contributed by atoms with E-state index in [0.717, 1.165) is 0 Å². The van der Waals surface area contributed by atoms with Crippen molar-refractivity contribution in [2.45, 2.75) is 12.5 Å². The Hall–Kier alpha value is -3.75. The van der Waals surface area contributed by atoms with Gasteiger partial charge in [0, 0.05) is 18.6 Å². The van der Waals surface area contributed by atoms with Crippen molar-refractivity contribution in [1.29, 1.82) is 0 Å². The van der Waals surface area contributed by atoms with E-state index in [4.69, 9.17) is 5.11 Å². The lowest BCUT2D eigenvalue weighted by atomic mass is 10.0. The first kappa shape index (κ1) is 18.6. The number of carboxylic acids is 2. The van der Waals surface area contributed by atoms with Gasteiger partial charge in [-0.15, -0.1) is 0 Å². The number of hydrogen-bond acceptors (Lipinski definition) is 5. The van der Waals surface area contributed by atoms with Gasteiger partial charge in [0.15, 0.2) is 0 Å². The van der Waals surface area contributed by atoms with Gasteiger partial charge in [0.2, 0.25) is 0 Å². The zero-order valence-corrected chi connectivity index (χ0v) is 13.3. The van der Waals surface area contributed by atoms with E-state index in [0.29, 0.717) is 5.56 Å². The van der Waals surface area contributed by atoms with Gasteiger partial charge in [-0.25, -0.2) is 9.59 Å². The molecule has 1 amide bonds. The number of aliphatic carboxylic acids is 1. The highest BCUT2D eigenvalue weighted by atomic mass is 16.6. The third-order valence-electron chi connectivity index (χ3n) is 3.59. The van der Waals surface area contributed by atoms with Gasteiger partial charge < -0.3 is 15.5 Å². The maximum Gasteiger partial charge on any atom is 0.336 e. The van der Waals surface area contributed by atoms with Gasteiger partial charge >= 0.3 is 11.9 Å². The topological polar surface area (TPSA) is 147 Å². The zero-order valence-electron chi connectivity index (χ0n) is 13.3. The SMILES string of the molecule is O=C(O)c1ccccc1C(=O)N[C@H](Cc1ccc([N+](=O)[O-])cc1)C(=O)O. The molecule has 9 heteroatoms. The lowest BCUT2D eigenvalue weighted by Crippen LogP contribution is -2.42. The molecule has 0 aliphatic heterocycles. The second-order valence-corrected chi connectivity index (χ2v) is 5.34. The maximum absolute atomic E-state index is 12.3. The van der Waals surface area contributed by atoms with Crippen molar-refractivity contribution >= 4 is 23.5 Å². The lowest BCUT2D eigenvalue weighted by Gasteiger charge is -2.15. The number of nitro groups is 1. The molecule has 0 saturated carbocycles. The minimum absolute atomic E-state index is 0.117. The third-order valence-corrected chi connectivity index (χ3v) is 3.59. The summed E-state index contributed by atoms with van der Waals surface area (Å²) in [5, 5.41) is 31.3. The number of hydrogen-bond donors (Lipinski definition) is 3. The number of benzene rings is 2. The van der Waals surface area contributed by atoms with E-state index in [9.17, 15) is 29.6 Å². The van der Waals surface area contributed by atoms with Crippen LogP contribution in [0.3, 0.4) is 0 Å². The highest BCUT2D eigenvalue weighted by Gasteiger charge is 2.24. The van der Waals surface area contributed by atoms with Crippen molar-refractivity contribution in [3.8, 4) is 0 Å². The average molecular weight is 358 g/mol. The van der Waals surface area contributed by atoms with Gasteiger partial charge in [-0.3, -0.25) is 14.9 Å². The van der Waals surface area contributed by atoms with Crippen LogP contribution in [0.2, 0.25) is 0 Å². The first-order chi connectivity index (χ1) is 12.3. The van der Waals surface area contributed by atoms with E-state index >= 15 is 0 Å². The molecule has 0 heterocycles. The molecule has 9 nitrogen and oxygen atoms in total. The van der Waals surface area contributed by atoms with Crippen LogP contribution in [0.4, 0.5) is 5.69 Å². The zero-order chi connectivity index (χ0) is 19.3. The first-order valence-corrected chi connectivity index (χ1v) is 7.39. The van der Waals surface area contributed by atoms with Crippen LogP contribution in [-0.2, 0) is 11.2 Å². The van der Waals surface area contributed by atoms with Crippen LogP contribution in [0.5, 0.6) is 0 Å². The predicted octanol–water partition coefficient (Wildman–Crippen LogP) is 1.72. The van der Waals surface area contributed by atoms with Crippen molar-refractivity contribution in [2.75, 3.05) is 0 Å². The van der Waals surface area contributed by atoms with Gasteiger partial charge in [0.05, 0.1) is 16.1 Å². The summed E-state index contributed by atoms with van der Waals surface area (Å²) >= 11 is 0. The molecule has 0 fully saturated rings. The summed E-state index contributed by atoms with van der Waals surface area (Å²) in [4.78, 5) is 44.9. The van der Waals surface area contributed by atoms with E-state index in [1.54, 1.807) is 0 Å². The van der Waals surface area contributed by atoms with Crippen LogP contribution in [-0.4, -0.2) is 39.0 Å². The van der Waals surface area contributed by atoms with Crippen molar-refractivity contribution in [3.63, 3.8) is 0 Å². The maximum atomic E-state index is 12.3. The van der Waals surface area contributed by atoms with Gasteiger partial charge in [-0.05, 0) is 17.7 Å². The van der Waals surface area contributed by atoms with Crippen LogP contribution in [0.15, 0.2) is 48.5 Å². The molecule has 3 N–H and O–H groups in total. The Bertz CT molecular complexity index is 862. The van der Waals surface area contributed by atoms with E-state index in [1.807, 2.05) is 0 Å². The van der Waals surface area contributed by atoms with Crippen LogP contribution in [0, 0.1) is 10.1 Å². The number of amides is 1. The summed E-state index contributed by atoms with van der Waals surface area (Å²) in [6.07, 6.45) is -0.117. The molecule has 26 heavy (non-hydrogen) atoms. The number of nitro benzene ring substituents is 1. The molecular formula is C17H14N2O7. The minimum Gasteiger partial charge on any atom is -0.480 e. The summed E-state index contributed by atoms with van der Waals surface area (Å²) in [5.74, 6) is -3.46. The number of nitrogens with zero attached hydrogens (tertiary/aromatic N) is 1.